The summed E-state index contributed by atoms with van der Waals surface area (Å²) in [5, 5.41) is 19.0. The van der Waals surface area contributed by atoms with E-state index in [2.05, 4.69) is 4.98 Å². The first kappa shape index (κ1) is 15.9. The van der Waals surface area contributed by atoms with Gasteiger partial charge >= 0.3 is 0 Å². The van der Waals surface area contributed by atoms with Crippen LogP contribution in [0.2, 0.25) is 0 Å². The molecule has 0 saturated carbocycles. The normalized spacial score (nSPS) is 9.35. The number of hydrogen-bond donors (Lipinski definition) is 1. The zero-order valence-electron chi connectivity index (χ0n) is 11.9. The van der Waals surface area contributed by atoms with Gasteiger partial charge in [0.25, 0.3) is 0 Å². The predicted octanol–water partition coefficient (Wildman–Crippen LogP) is 3.92. The minimum Gasteiger partial charge on any atom is -0.507 e. The number of thiazole rings is 1. The van der Waals surface area contributed by atoms with Crippen molar-refractivity contribution >= 4 is 17.1 Å². The van der Waals surface area contributed by atoms with E-state index in [9.17, 15) is 9.90 Å². The quantitative estimate of drug-likeness (QED) is 0.850. The zero-order chi connectivity index (χ0) is 15.3. The molecule has 20 heavy (non-hydrogen) atoms. The standard InChI is InChI=1S/C13H10N2O2S.C2H6/c1-7-12(8(2)16)18-13(15-7)9-3-4-11(17)10(5-9)6-14;1-2/h3-5,17H,1-2H3;1-2H3. The Hall–Kier alpha value is -2.19. The van der Waals surface area contributed by atoms with E-state index in [-0.39, 0.29) is 17.1 Å². The van der Waals surface area contributed by atoms with Crippen molar-refractivity contribution in [2.75, 3.05) is 0 Å². The fourth-order valence-electron chi connectivity index (χ4n) is 1.61. The number of phenolic OH excluding ortho intramolecular Hbond substituents is 1. The van der Waals surface area contributed by atoms with E-state index >= 15 is 0 Å². The molecule has 104 valence electrons. The summed E-state index contributed by atoms with van der Waals surface area (Å²) in [7, 11) is 0. The largest absolute Gasteiger partial charge is 0.507 e. The minimum absolute atomic E-state index is 0.0180. The van der Waals surface area contributed by atoms with Gasteiger partial charge < -0.3 is 5.11 Å². The summed E-state index contributed by atoms with van der Waals surface area (Å²) in [5.41, 5.74) is 1.61. The Morgan fingerprint density at radius 1 is 1.40 bits per heavy atom. The molecular formula is C15H16N2O2S. The molecule has 0 aliphatic rings. The average Bonchev–Trinajstić information content (AvgIpc) is 2.84. The van der Waals surface area contributed by atoms with Crippen LogP contribution in [0, 0.1) is 18.3 Å². The van der Waals surface area contributed by atoms with Crippen LogP contribution in [0.1, 0.15) is 41.7 Å². The molecule has 0 amide bonds. The van der Waals surface area contributed by atoms with E-state index in [0.29, 0.717) is 15.6 Å². The summed E-state index contributed by atoms with van der Waals surface area (Å²) >= 11 is 1.29. The molecule has 1 heterocycles. The van der Waals surface area contributed by atoms with Crippen LogP contribution in [0.25, 0.3) is 10.6 Å². The third kappa shape index (κ3) is 3.22. The van der Waals surface area contributed by atoms with Crippen LogP contribution >= 0.6 is 11.3 Å². The lowest BCUT2D eigenvalue weighted by atomic mass is 10.1. The molecule has 0 saturated heterocycles. The van der Waals surface area contributed by atoms with Crippen molar-refractivity contribution in [2.45, 2.75) is 27.7 Å². The van der Waals surface area contributed by atoms with Crippen LogP contribution in [-0.2, 0) is 0 Å². The number of nitrogens with zero attached hydrogens (tertiary/aromatic N) is 2. The fraction of sp³-hybridized carbons (Fsp3) is 0.267. The molecule has 0 radical (unpaired) electrons. The molecule has 0 aliphatic heterocycles. The smallest absolute Gasteiger partial charge is 0.171 e. The number of carbonyl (C=O) groups is 1. The number of nitriles is 1. The van der Waals surface area contributed by atoms with E-state index in [4.69, 9.17) is 5.26 Å². The van der Waals surface area contributed by atoms with Gasteiger partial charge in [0.15, 0.2) is 5.78 Å². The molecule has 0 unspecified atom stereocenters. The molecule has 4 nitrogen and oxygen atoms in total. The summed E-state index contributed by atoms with van der Waals surface area (Å²) in [5.74, 6) is -0.0724. The van der Waals surface area contributed by atoms with Crippen molar-refractivity contribution in [3.05, 3.63) is 34.3 Å². The second-order valence-corrected chi connectivity index (χ2v) is 4.83. The van der Waals surface area contributed by atoms with E-state index in [0.717, 1.165) is 5.56 Å². The van der Waals surface area contributed by atoms with Crippen LogP contribution in [0.15, 0.2) is 18.2 Å². The molecule has 0 fully saturated rings. The highest BCUT2D eigenvalue weighted by Crippen LogP contribution is 2.30. The van der Waals surface area contributed by atoms with Gasteiger partial charge in [-0.1, -0.05) is 13.8 Å². The average molecular weight is 288 g/mol. The number of hydrogen-bond acceptors (Lipinski definition) is 5. The monoisotopic (exact) mass is 288 g/mol. The van der Waals surface area contributed by atoms with Gasteiger partial charge in [-0.15, -0.1) is 11.3 Å². The highest BCUT2D eigenvalue weighted by atomic mass is 32.1. The summed E-state index contributed by atoms with van der Waals surface area (Å²) in [6.45, 7) is 7.28. The molecule has 1 aromatic carbocycles. The maximum absolute atomic E-state index is 11.4. The second kappa shape index (κ2) is 6.83. The Labute approximate surface area is 122 Å². The lowest BCUT2D eigenvalue weighted by molar-refractivity contribution is 0.102. The third-order valence-electron chi connectivity index (χ3n) is 2.48. The van der Waals surface area contributed by atoms with Crippen LogP contribution in [0.5, 0.6) is 5.75 Å². The van der Waals surface area contributed by atoms with Crippen molar-refractivity contribution in [1.82, 2.24) is 4.98 Å². The van der Waals surface area contributed by atoms with Crippen molar-refractivity contribution < 1.29 is 9.90 Å². The van der Waals surface area contributed by atoms with Gasteiger partial charge in [-0.25, -0.2) is 4.98 Å². The maximum Gasteiger partial charge on any atom is 0.171 e. The number of phenols is 1. The van der Waals surface area contributed by atoms with Gasteiger partial charge in [-0.05, 0) is 25.1 Å². The number of benzene rings is 1. The first-order valence-electron chi connectivity index (χ1n) is 6.24. The number of Topliss-reactive ketones (excluding diaryl/α,β-unsaturated/α-hetero) is 1. The molecule has 2 rings (SSSR count). The highest BCUT2D eigenvalue weighted by Gasteiger charge is 2.13. The molecular weight excluding hydrogens is 272 g/mol. The van der Waals surface area contributed by atoms with Crippen LogP contribution in [0.4, 0.5) is 0 Å². The number of aromatic hydroxyl groups is 1. The SMILES string of the molecule is CC.CC(=O)c1sc(-c2ccc(O)c(C#N)c2)nc1C. The molecule has 0 atom stereocenters. The molecule has 5 heteroatoms. The molecule has 0 spiro atoms. The van der Waals surface area contributed by atoms with Gasteiger partial charge in [0.2, 0.25) is 0 Å². The lowest BCUT2D eigenvalue weighted by Gasteiger charge is -1.99. The van der Waals surface area contributed by atoms with E-state index in [1.165, 1.54) is 24.3 Å². The molecule has 1 aromatic heterocycles. The number of aryl methyl sites for hydroxylation is 1. The number of carbonyl (C=O) groups excluding carboxylic acids is 1. The van der Waals surface area contributed by atoms with Crippen molar-refractivity contribution in [3.8, 4) is 22.4 Å². The maximum atomic E-state index is 11.4. The van der Waals surface area contributed by atoms with Crippen LogP contribution in [0.3, 0.4) is 0 Å². The Morgan fingerprint density at radius 2 is 2.05 bits per heavy atom. The summed E-state index contributed by atoms with van der Waals surface area (Å²) in [6, 6.07) is 6.61. The van der Waals surface area contributed by atoms with Crippen LogP contribution < -0.4 is 0 Å². The topological polar surface area (TPSA) is 74.0 Å². The Balaban J connectivity index is 0.000000956. The van der Waals surface area contributed by atoms with Crippen molar-refractivity contribution in [2.24, 2.45) is 0 Å². The molecule has 0 bridgehead atoms. The second-order valence-electron chi connectivity index (χ2n) is 3.83. The minimum atomic E-state index is -0.0543. The van der Waals surface area contributed by atoms with E-state index in [1.54, 1.807) is 19.1 Å². The summed E-state index contributed by atoms with van der Waals surface area (Å²) in [6.07, 6.45) is 0. The lowest BCUT2D eigenvalue weighted by Crippen LogP contribution is -1.89. The number of aromatic nitrogens is 1. The fourth-order valence-corrected chi connectivity index (χ4v) is 2.56. The van der Waals surface area contributed by atoms with Gasteiger partial charge in [0, 0.05) is 12.5 Å². The number of rotatable bonds is 2. The highest BCUT2D eigenvalue weighted by molar-refractivity contribution is 7.17. The first-order valence-corrected chi connectivity index (χ1v) is 7.06. The molecule has 0 aliphatic carbocycles. The van der Waals surface area contributed by atoms with Crippen molar-refractivity contribution in [1.29, 1.82) is 5.26 Å². The van der Waals surface area contributed by atoms with Crippen LogP contribution in [-0.4, -0.2) is 15.9 Å². The number of ketones is 1. The summed E-state index contributed by atoms with van der Waals surface area (Å²) < 4.78 is 0. The summed E-state index contributed by atoms with van der Waals surface area (Å²) in [4.78, 5) is 16.3. The van der Waals surface area contributed by atoms with E-state index < -0.39 is 0 Å². The Bertz CT molecular complexity index is 669. The third-order valence-corrected chi connectivity index (χ3v) is 3.79. The van der Waals surface area contributed by atoms with E-state index in [1.807, 2.05) is 19.9 Å². The Morgan fingerprint density at radius 3 is 2.55 bits per heavy atom. The first-order chi connectivity index (χ1) is 9.52. The predicted molar refractivity (Wildman–Crippen MR) is 80.0 cm³/mol. The van der Waals surface area contributed by atoms with Crippen molar-refractivity contribution in [3.63, 3.8) is 0 Å². The van der Waals surface area contributed by atoms with Gasteiger partial charge in [0.05, 0.1) is 16.1 Å². The zero-order valence-corrected chi connectivity index (χ0v) is 12.7. The molecule has 2 aromatic rings. The van der Waals surface area contributed by atoms with Gasteiger partial charge in [0.1, 0.15) is 16.8 Å². The molecule has 1 N–H and O–H groups in total. The van der Waals surface area contributed by atoms with Gasteiger partial charge in [-0.2, -0.15) is 5.26 Å². The van der Waals surface area contributed by atoms with Gasteiger partial charge in [-0.3, -0.25) is 4.79 Å². The Kier molecular flexibility index (Phi) is 5.42.